The van der Waals surface area contributed by atoms with Gasteiger partial charge < -0.3 is 5.73 Å². The van der Waals surface area contributed by atoms with Crippen molar-refractivity contribution in [1.82, 2.24) is 5.01 Å². The monoisotopic (exact) mass is 416 g/mol. The van der Waals surface area contributed by atoms with E-state index in [1.54, 1.807) is 0 Å². The van der Waals surface area contributed by atoms with Crippen molar-refractivity contribution in [1.29, 1.82) is 0 Å². The Hall–Kier alpha value is -2.61. The first-order valence-electron chi connectivity index (χ1n) is 9.29. The number of rotatable bonds is 8. The lowest BCUT2D eigenvalue weighted by Gasteiger charge is -2.38. The molecule has 0 saturated carbocycles. The van der Waals surface area contributed by atoms with E-state index in [2.05, 4.69) is 15.1 Å². The van der Waals surface area contributed by atoms with Crippen molar-refractivity contribution in [3.8, 4) is 0 Å². The third-order valence-corrected chi connectivity index (χ3v) is 6.06. The van der Waals surface area contributed by atoms with Crippen LogP contribution in [-0.2, 0) is 4.87 Å². The molecular formula is C20H22F2N6S. The van der Waals surface area contributed by atoms with Gasteiger partial charge in [-0.2, -0.15) is 5.10 Å². The van der Waals surface area contributed by atoms with Crippen molar-refractivity contribution < 1.29 is 8.78 Å². The molecule has 0 aromatic heterocycles. The van der Waals surface area contributed by atoms with Crippen LogP contribution in [0.25, 0.3) is 10.4 Å². The molecule has 0 fully saturated rings. The topological polar surface area (TPSA) is 90.4 Å². The minimum absolute atomic E-state index is 0.123. The van der Waals surface area contributed by atoms with Crippen LogP contribution in [0, 0.1) is 11.6 Å². The molecule has 2 aromatic carbocycles. The van der Waals surface area contributed by atoms with Crippen LogP contribution in [0.2, 0.25) is 0 Å². The fraction of sp³-hybridized carbons (Fsp3) is 0.350. The third-order valence-electron chi connectivity index (χ3n) is 4.58. The van der Waals surface area contributed by atoms with Crippen molar-refractivity contribution in [3.63, 3.8) is 0 Å². The van der Waals surface area contributed by atoms with Gasteiger partial charge in [-0.3, -0.25) is 5.01 Å². The van der Waals surface area contributed by atoms with Gasteiger partial charge in [-0.05, 0) is 49.1 Å². The molecule has 0 amide bonds. The molecule has 0 aliphatic carbocycles. The van der Waals surface area contributed by atoms with E-state index in [0.717, 1.165) is 23.8 Å². The van der Waals surface area contributed by atoms with Crippen LogP contribution in [0.4, 0.5) is 8.78 Å². The molecular weight excluding hydrogens is 394 g/mol. The summed E-state index contributed by atoms with van der Waals surface area (Å²) in [5.74, 6) is -1.06. The van der Waals surface area contributed by atoms with E-state index >= 15 is 0 Å². The molecule has 0 spiro atoms. The maximum absolute atomic E-state index is 14.5. The Bertz CT molecular complexity index is 930. The number of hydrogen-bond acceptors (Lipinski definition) is 5. The largest absolute Gasteiger partial charge is 0.326 e. The average Bonchev–Trinajstić information content (AvgIpc) is 3.06. The molecule has 1 heterocycles. The molecule has 0 bridgehead atoms. The summed E-state index contributed by atoms with van der Waals surface area (Å²) in [6.45, 7) is 2.64. The van der Waals surface area contributed by atoms with Crippen LogP contribution in [0.5, 0.6) is 0 Å². The van der Waals surface area contributed by atoms with Gasteiger partial charge >= 0.3 is 0 Å². The third kappa shape index (κ3) is 4.70. The Balaban J connectivity index is 2.05. The van der Waals surface area contributed by atoms with Gasteiger partial charge in [-0.15, -0.1) is 0 Å². The summed E-state index contributed by atoms with van der Waals surface area (Å²) in [6.07, 6.45) is 1.20. The predicted molar refractivity (Wildman–Crippen MR) is 112 cm³/mol. The van der Waals surface area contributed by atoms with Crippen LogP contribution < -0.4 is 5.73 Å². The van der Waals surface area contributed by atoms with Crippen molar-refractivity contribution in [2.45, 2.75) is 30.7 Å². The number of azide groups is 1. The molecule has 3 rings (SSSR count). The van der Waals surface area contributed by atoms with Crippen LogP contribution >= 0.6 is 11.8 Å². The molecule has 29 heavy (non-hydrogen) atoms. The number of halogens is 2. The van der Waals surface area contributed by atoms with Crippen molar-refractivity contribution in [2.75, 3.05) is 13.1 Å². The van der Waals surface area contributed by atoms with Crippen LogP contribution in [0.3, 0.4) is 0 Å². The Labute approximate surface area is 172 Å². The molecule has 1 aliphatic rings. The van der Waals surface area contributed by atoms with E-state index in [-0.39, 0.29) is 11.6 Å². The molecule has 0 saturated heterocycles. The minimum Gasteiger partial charge on any atom is -0.326 e. The van der Waals surface area contributed by atoms with Crippen LogP contribution in [-0.4, -0.2) is 29.2 Å². The zero-order valence-electron chi connectivity index (χ0n) is 16.0. The summed E-state index contributed by atoms with van der Waals surface area (Å²) in [4.78, 5) is 2.15. The number of nitrogens with two attached hydrogens (primary N) is 1. The first kappa shape index (κ1) is 21.1. The number of nitrogens with zero attached hydrogens (tertiary/aromatic N) is 5. The molecule has 2 aromatic rings. The van der Waals surface area contributed by atoms with E-state index < -0.39 is 16.5 Å². The fourth-order valence-electron chi connectivity index (χ4n) is 3.32. The maximum atomic E-state index is 14.5. The lowest BCUT2D eigenvalue weighted by atomic mass is 10.00. The molecule has 2 atom stereocenters. The lowest BCUT2D eigenvalue weighted by Crippen LogP contribution is -2.43. The second-order valence-electron chi connectivity index (χ2n) is 6.90. The summed E-state index contributed by atoms with van der Waals surface area (Å²) in [5, 5.41) is 10.5. The highest BCUT2D eigenvalue weighted by molar-refractivity contribution is 8.15. The van der Waals surface area contributed by atoms with Gasteiger partial charge in [0, 0.05) is 23.1 Å². The lowest BCUT2D eigenvalue weighted by molar-refractivity contribution is 0.162. The van der Waals surface area contributed by atoms with Gasteiger partial charge in [0.25, 0.3) is 0 Å². The standard InChI is InChI=1S/C20H22F2N6S/c1-14(23)13-28-20(10-5-11-25-27-24,15-6-3-2-4-7-15)29-19(26-28)17-12-16(21)8-9-18(17)22/h2-4,6-9,12,14H,5,10-11,13,23H2,1H3. The van der Waals surface area contributed by atoms with E-state index in [1.807, 2.05) is 42.3 Å². The Morgan fingerprint density at radius 1 is 1.28 bits per heavy atom. The normalized spacial score (nSPS) is 19.6. The Kier molecular flexibility index (Phi) is 6.74. The molecule has 1 aliphatic heterocycles. The molecule has 9 heteroatoms. The summed E-state index contributed by atoms with van der Waals surface area (Å²) in [7, 11) is 0. The van der Waals surface area contributed by atoms with Gasteiger partial charge in [0.1, 0.15) is 21.5 Å². The van der Waals surface area contributed by atoms with E-state index in [4.69, 9.17) is 11.3 Å². The molecule has 2 N–H and O–H groups in total. The Morgan fingerprint density at radius 2 is 2.03 bits per heavy atom. The van der Waals surface area contributed by atoms with Crippen molar-refractivity contribution in [3.05, 3.63) is 81.7 Å². The Morgan fingerprint density at radius 3 is 2.72 bits per heavy atom. The van der Waals surface area contributed by atoms with Crippen molar-refractivity contribution in [2.24, 2.45) is 15.9 Å². The van der Waals surface area contributed by atoms with Gasteiger partial charge in [0.05, 0.1) is 6.54 Å². The van der Waals surface area contributed by atoms with Crippen LogP contribution in [0.1, 0.15) is 30.9 Å². The quantitative estimate of drug-likeness (QED) is 0.285. The van der Waals surface area contributed by atoms with Gasteiger partial charge in [-0.25, -0.2) is 8.78 Å². The van der Waals surface area contributed by atoms with Crippen LogP contribution in [0.15, 0.2) is 58.7 Å². The summed E-state index contributed by atoms with van der Waals surface area (Å²) < 4.78 is 28.3. The highest BCUT2D eigenvalue weighted by Crippen LogP contribution is 2.50. The zero-order valence-corrected chi connectivity index (χ0v) is 16.8. The first-order valence-corrected chi connectivity index (χ1v) is 10.1. The maximum Gasteiger partial charge on any atom is 0.134 e. The molecule has 152 valence electrons. The zero-order chi connectivity index (χ0) is 20.9. The smallest absolute Gasteiger partial charge is 0.134 e. The predicted octanol–water partition coefficient (Wildman–Crippen LogP) is 4.97. The van der Waals surface area contributed by atoms with E-state index in [9.17, 15) is 8.78 Å². The van der Waals surface area contributed by atoms with Gasteiger partial charge in [-0.1, -0.05) is 47.2 Å². The van der Waals surface area contributed by atoms with E-state index in [1.165, 1.54) is 11.8 Å². The first-order chi connectivity index (χ1) is 14.0. The SMILES string of the molecule is CC(N)CN1N=C(c2cc(F)ccc2F)SC1(CCCN=[N+]=[N-])c1ccccc1. The van der Waals surface area contributed by atoms with Gasteiger partial charge in [0.2, 0.25) is 0 Å². The number of hydrogen-bond donors (Lipinski definition) is 1. The second-order valence-corrected chi connectivity index (χ2v) is 8.17. The van der Waals surface area contributed by atoms with Crippen molar-refractivity contribution >= 4 is 16.8 Å². The average molecular weight is 417 g/mol. The molecule has 0 radical (unpaired) electrons. The minimum atomic E-state index is -0.659. The van der Waals surface area contributed by atoms with E-state index in [0.29, 0.717) is 31.0 Å². The molecule has 2 unspecified atom stereocenters. The molecule has 6 nitrogen and oxygen atoms in total. The highest BCUT2D eigenvalue weighted by atomic mass is 32.2. The number of benzene rings is 2. The summed E-state index contributed by atoms with van der Waals surface area (Å²) in [5.41, 5.74) is 15.7. The fourth-order valence-corrected chi connectivity index (χ4v) is 4.77. The number of thioether (sulfide) groups is 1. The highest BCUT2D eigenvalue weighted by Gasteiger charge is 2.45. The number of hydrazone groups is 1. The van der Waals surface area contributed by atoms with Gasteiger partial charge in [0.15, 0.2) is 0 Å². The summed E-state index contributed by atoms with van der Waals surface area (Å²) >= 11 is 1.37. The summed E-state index contributed by atoms with van der Waals surface area (Å²) in [6, 6.07) is 12.9. The second kappa shape index (κ2) is 9.26.